The highest BCUT2D eigenvalue weighted by atomic mass is 19.4. The minimum Gasteiger partial charge on any atom is -0.341 e. The van der Waals surface area contributed by atoms with Crippen LogP contribution >= 0.6 is 0 Å². The highest BCUT2D eigenvalue weighted by Gasteiger charge is 2.38. The molecule has 0 spiro atoms. The summed E-state index contributed by atoms with van der Waals surface area (Å²) >= 11 is 0. The molecule has 3 aromatic rings. The maximum atomic E-state index is 13.7. The van der Waals surface area contributed by atoms with Crippen LogP contribution in [0, 0.1) is 6.92 Å². The Morgan fingerprint density at radius 3 is 2.61 bits per heavy atom. The van der Waals surface area contributed by atoms with Gasteiger partial charge >= 0.3 is 6.18 Å². The van der Waals surface area contributed by atoms with Gasteiger partial charge in [-0.2, -0.15) is 18.3 Å². The molecule has 3 aromatic heterocycles. The fourth-order valence-corrected chi connectivity index (χ4v) is 4.24. The molecular formula is C21H24F3N5O2. The van der Waals surface area contributed by atoms with Crippen molar-refractivity contribution in [1.29, 1.82) is 0 Å². The SMILES string of the molecule is CCc1cc(C(F)(F)F)c2c(C3CCN(C(=O)[C@H](C)n4nccc4C)CC3)noc2n1. The summed E-state index contributed by atoms with van der Waals surface area (Å²) in [5.74, 6) is -0.289. The molecule has 0 N–H and O–H groups in total. The summed E-state index contributed by atoms with van der Waals surface area (Å²) in [5.41, 5.74) is 0.643. The number of likely N-dealkylation sites (tertiary alicyclic amines) is 1. The molecule has 0 aliphatic carbocycles. The average Bonchev–Trinajstić information content (AvgIpc) is 3.37. The topological polar surface area (TPSA) is 77.0 Å². The van der Waals surface area contributed by atoms with Gasteiger partial charge in [-0.3, -0.25) is 9.48 Å². The largest absolute Gasteiger partial charge is 0.417 e. The van der Waals surface area contributed by atoms with Crippen LogP contribution in [0.25, 0.3) is 11.1 Å². The number of piperidine rings is 1. The van der Waals surface area contributed by atoms with Crippen molar-refractivity contribution >= 4 is 17.0 Å². The Bertz CT molecular complexity index is 1100. The first kappa shape index (κ1) is 21.3. The predicted molar refractivity (Wildman–Crippen MR) is 106 cm³/mol. The first-order chi connectivity index (χ1) is 14.7. The number of pyridine rings is 1. The number of carbonyl (C=O) groups is 1. The second-order valence-corrected chi connectivity index (χ2v) is 7.95. The maximum absolute atomic E-state index is 13.7. The smallest absolute Gasteiger partial charge is 0.341 e. The van der Waals surface area contributed by atoms with Crippen LogP contribution < -0.4 is 0 Å². The molecule has 0 bridgehead atoms. The molecular weight excluding hydrogens is 411 g/mol. The minimum atomic E-state index is -4.53. The number of rotatable bonds is 4. The summed E-state index contributed by atoms with van der Waals surface area (Å²) in [6.45, 7) is 6.29. The van der Waals surface area contributed by atoms with Crippen LogP contribution in [0.2, 0.25) is 0 Å². The third-order valence-corrected chi connectivity index (χ3v) is 5.98. The highest BCUT2D eigenvalue weighted by molar-refractivity contribution is 5.82. The fourth-order valence-electron chi connectivity index (χ4n) is 4.24. The number of hydrogen-bond donors (Lipinski definition) is 0. The predicted octanol–water partition coefficient (Wildman–Crippen LogP) is 4.28. The van der Waals surface area contributed by atoms with E-state index < -0.39 is 17.8 Å². The molecule has 0 saturated carbocycles. The summed E-state index contributed by atoms with van der Waals surface area (Å²) in [6, 6.07) is 2.48. The van der Waals surface area contributed by atoms with Gasteiger partial charge in [0.1, 0.15) is 6.04 Å². The van der Waals surface area contributed by atoms with Gasteiger partial charge in [-0.05, 0) is 45.2 Å². The molecule has 4 rings (SSSR count). The zero-order chi connectivity index (χ0) is 22.3. The molecule has 31 heavy (non-hydrogen) atoms. The molecule has 1 atom stereocenters. The lowest BCUT2D eigenvalue weighted by Crippen LogP contribution is -2.41. The fraction of sp³-hybridized carbons (Fsp3) is 0.524. The summed E-state index contributed by atoms with van der Waals surface area (Å²) < 4.78 is 48.0. The van der Waals surface area contributed by atoms with E-state index in [2.05, 4.69) is 15.2 Å². The van der Waals surface area contributed by atoms with Crippen LogP contribution in [0.4, 0.5) is 13.2 Å². The number of amides is 1. The van der Waals surface area contributed by atoms with Crippen LogP contribution in [0.3, 0.4) is 0 Å². The number of nitrogens with zero attached hydrogens (tertiary/aromatic N) is 5. The van der Waals surface area contributed by atoms with Crippen LogP contribution in [0.1, 0.15) is 61.3 Å². The lowest BCUT2D eigenvalue weighted by atomic mass is 9.90. The van der Waals surface area contributed by atoms with Gasteiger partial charge in [0.05, 0.1) is 16.6 Å². The second-order valence-electron chi connectivity index (χ2n) is 7.95. The van der Waals surface area contributed by atoms with Crippen molar-refractivity contribution in [2.45, 2.75) is 58.2 Å². The van der Waals surface area contributed by atoms with Crippen molar-refractivity contribution in [3.63, 3.8) is 0 Å². The number of carbonyl (C=O) groups excluding carboxylic acids is 1. The zero-order valence-electron chi connectivity index (χ0n) is 17.6. The highest BCUT2D eigenvalue weighted by Crippen LogP contribution is 2.40. The number of aromatic nitrogens is 4. The quantitative estimate of drug-likeness (QED) is 0.612. The van der Waals surface area contributed by atoms with Crippen LogP contribution in [-0.2, 0) is 17.4 Å². The first-order valence-electron chi connectivity index (χ1n) is 10.4. The molecule has 7 nitrogen and oxygen atoms in total. The van der Waals surface area contributed by atoms with Gasteiger partial charge in [0.15, 0.2) is 0 Å². The van der Waals surface area contributed by atoms with Gasteiger partial charge in [0.2, 0.25) is 5.91 Å². The van der Waals surface area contributed by atoms with E-state index in [4.69, 9.17) is 4.52 Å². The molecule has 4 heterocycles. The average molecular weight is 435 g/mol. The van der Waals surface area contributed by atoms with E-state index in [1.54, 1.807) is 29.6 Å². The lowest BCUT2D eigenvalue weighted by Gasteiger charge is -2.33. The molecule has 0 aromatic carbocycles. The summed E-state index contributed by atoms with van der Waals surface area (Å²) in [5, 5.41) is 8.11. The van der Waals surface area contributed by atoms with E-state index in [0.29, 0.717) is 38.0 Å². The van der Waals surface area contributed by atoms with Crippen LogP contribution in [0.5, 0.6) is 0 Å². The number of alkyl halides is 3. The van der Waals surface area contributed by atoms with E-state index >= 15 is 0 Å². The van der Waals surface area contributed by atoms with Crippen LogP contribution in [0.15, 0.2) is 22.9 Å². The third kappa shape index (κ3) is 3.90. The number of halogens is 3. The van der Waals surface area contributed by atoms with E-state index in [1.165, 1.54) is 0 Å². The van der Waals surface area contributed by atoms with Crippen LogP contribution in [-0.4, -0.2) is 43.8 Å². The van der Waals surface area contributed by atoms with Crippen molar-refractivity contribution < 1.29 is 22.5 Å². The molecule has 1 fully saturated rings. The lowest BCUT2D eigenvalue weighted by molar-refractivity contribution is -0.136. The summed E-state index contributed by atoms with van der Waals surface area (Å²) in [6.07, 6.45) is -1.50. The first-order valence-corrected chi connectivity index (χ1v) is 10.4. The Hall–Kier alpha value is -2.91. The number of hydrogen-bond acceptors (Lipinski definition) is 5. The Balaban J connectivity index is 1.55. The minimum absolute atomic E-state index is 0.0551. The maximum Gasteiger partial charge on any atom is 0.417 e. The zero-order valence-corrected chi connectivity index (χ0v) is 17.6. The van der Waals surface area contributed by atoms with E-state index in [1.807, 2.05) is 13.0 Å². The van der Waals surface area contributed by atoms with Crippen molar-refractivity contribution in [1.82, 2.24) is 24.8 Å². The Labute approximate surface area is 177 Å². The molecule has 1 amide bonds. The van der Waals surface area contributed by atoms with Gasteiger partial charge in [-0.15, -0.1) is 0 Å². The van der Waals surface area contributed by atoms with Crippen molar-refractivity contribution in [3.8, 4) is 0 Å². The monoisotopic (exact) mass is 435 g/mol. The molecule has 1 saturated heterocycles. The molecule has 10 heteroatoms. The van der Waals surface area contributed by atoms with Gasteiger partial charge < -0.3 is 9.42 Å². The molecule has 1 aliphatic heterocycles. The summed E-state index contributed by atoms with van der Waals surface area (Å²) in [7, 11) is 0. The number of fused-ring (bicyclic) bond motifs is 1. The molecule has 0 radical (unpaired) electrons. The van der Waals surface area contributed by atoms with Crippen molar-refractivity contribution in [2.24, 2.45) is 0 Å². The van der Waals surface area contributed by atoms with E-state index in [-0.39, 0.29) is 28.6 Å². The van der Waals surface area contributed by atoms with Gasteiger partial charge in [-0.1, -0.05) is 12.1 Å². The van der Waals surface area contributed by atoms with Gasteiger partial charge in [0.25, 0.3) is 5.71 Å². The van der Waals surface area contributed by atoms with Crippen molar-refractivity contribution in [2.75, 3.05) is 13.1 Å². The Morgan fingerprint density at radius 1 is 1.32 bits per heavy atom. The van der Waals surface area contributed by atoms with Gasteiger partial charge in [0, 0.05) is 36.6 Å². The Kier molecular flexibility index (Phi) is 5.49. The number of aryl methyl sites for hydroxylation is 2. The second kappa shape index (κ2) is 7.97. The van der Waals surface area contributed by atoms with Gasteiger partial charge in [-0.25, -0.2) is 4.98 Å². The van der Waals surface area contributed by atoms with E-state index in [9.17, 15) is 18.0 Å². The summed E-state index contributed by atoms with van der Waals surface area (Å²) in [4.78, 5) is 18.8. The molecule has 1 aliphatic rings. The normalized spacial score (nSPS) is 16.8. The Morgan fingerprint density at radius 2 is 2.03 bits per heavy atom. The molecule has 0 unspecified atom stereocenters. The molecule has 166 valence electrons. The van der Waals surface area contributed by atoms with Crippen molar-refractivity contribution in [3.05, 3.63) is 41.0 Å². The standard InChI is InChI=1S/C21H24F3N5O2/c1-4-15-11-16(21(22,23)24)17-18(27-31-19(17)26-15)14-6-9-28(10-7-14)20(30)13(3)29-12(2)5-8-25-29/h5,8,11,13-14H,4,6-7,9-10H2,1-3H3/t13-/m0/s1. The third-order valence-electron chi connectivity index (χ3n) is 5.98. The van der Waals surface area contributed by atoms with E-state index in [0.717, 1.165) is 11.8 Å².